The topological polar surface area (TPSA) is 38.3 Å². The summed E-state index contributed by atoms with van der Waals surface area (Å²) in [4.78, 5) is 12.7. The van der Waals surface area contributed by atoms with Gasteiger partial charge in [-0.3, -0.25) is 4.79 Å². The number of anilines is 1. The predicted octanol–water partition coefficient (Wildman–Crippen LogP) is 5.49. The Bertz CT molecular complexity index is 909. The van der Waals surface area contributed by atoms with Crippen molar-refractivity contribution in [2.24, 2.45) is 0 Å². The van der Waals surface area contributed by atoms with E-state index in [1.54, 1.807) is 12.1 Å². The Morgan fingerprint density at radius 3 is 2.30 bits per heavy atom. The van der Waals surface area contributed by atoms with Gasteiger partial charge in [-0.2, -0.15) is 0 Å². The van der Waals surface area contributed by atoms with E-state index in [4.69, 9.17) is 4.74 Å². The molecule has 3 nitrogen and oxygen atoms in total. The predicted molar refractivity (Wildman–Crippen MR) is 111 cm³/mol. The van der Waals surface area contributed by atoms with Crippen molar-refractivity contribution in [1.29, 1.82) is 0 Å². The summed E-state index contributed by atoms with van der Waals surface area (Å²) in [5.41, 5.74) is 6.02. The molecular weight excluding hydrogens is 334 g/mol. The number of benzene rings is 3. The molecule has 3 rings (SSSR count). The normalized spacial score (nSPS) is 10.5. The number of nitrogens with one attached hydrogen (secondary N) is 1. The van der Waals surface area contributed by atoms with Crippen molar-refractivity contribution in [3.63, 3.8) is 0 Å². The fourth-order valence-electron chi connectivity index (χ4n) is 3.22. The van der Waals surface area contributed by atoms with Crippen LogP contribution in [0, 0.1) is 20.8 Å². The van der Waals surface area contributed by atoms with Crippen molar-refractivity contribution in [2.75, 3.05) is 11.9 Å². The van der Waals surface area contributed by atoms with Crippen LogP contribution in [0.2, 0.25) is 0 Å². The summed E-state index contributed by atoms with van der Waals surface area (Å²) in [6.45, 7) is 6.66. The minimum absolute atomic E-state index is 0.126. The average Bonchev–Trinajstić information content (AvgIpc) is 2.65. The first kappa shape index (κ1) is 18.7. The van der Waals surface area contributed by atoms with Crippen LogP contribution < -0.4 is 10.1 Å². The molecule has 3 heteroatoms. The molecule has 0 radical (unpaired) electrons. The van der Waals surface area contributed by atoms with E-state index in [2.05, 4.69) is 36.5 Å². The second-order valence-corrected chi connectivity index (χ2v) is 6.84. The van der Waals surface area contributed by atoms with E-state index in [9.17, 15) is 4.79 Å². The van der Waals surface area contributed by atoms with E-state index in [1.165, 1.54) is 11.1 Å². The van der Waals surface area contributed by atoms with Gasteiger partial charge in [0.05, 0.1) is 6.61 Å². The first-order valence-corrected chi connectivity index (χ1v) is 9.19. The summed E-state index contributed by atoms with van der Waals surface area (Å²) >= 11 is 0. The Morgan fingerprint density at radius 2 is 1.59 bits per heavy atom. The average molecular weight is 359 g/mol. The summed E-state index contributed by atoms with van der Waals surface area (Å²) in [6, 6.07) is 21.7. The fourth-order valence-corrected chi connectivity index (χ4v) is 3.22. The molecule has 1 amide bonds. The maximum absolute atomic E-state index is 12.7. The van der Waals surface area contributed by atoms with Gasteiger partial charge in [-0.1, -0.05) is 54.1 Å². The first-order valence-electron chi connectivity index (χ1n) is 9.19. The van der Waals surface area contributed by atoms with Gasteiger partial charge in [0.25, 0.3) is 5.91 Å². The zero-order valence-corrected chi connectivity index (χ0v) is 16.1. The van der Waals surface area contributed by atoms with E-state index in [-0.39, 0.29) is 5.91 Å². The van der Waals surface area contributed by atoms with E-state index in [1.807, 2.05) is 44.2 Å². The lowest BCUT2D eigenvalue weighted by Gasteiger charge is -2.13. The van der Waals surface area contributed by atoms with Crippen LogP contribution in [0.15, 0.2) is 66.7 Å². The zero-order chi connectivity index (χ0) is 19.2. The van der Waals surface area contributed by atoms with E-state index in [0.29, 0.717) is 17.9 Å². The minimum Gasteiger partial charge on any atom is -0.493 e. The molecule has 0 aliphatic rings. The van der Waals surface area contributed by atoms with Crippen molar-refractivity contribution in [1.82, 2.24) is 0 Å². The van der Waals surface area contributed by atoms with Gasteiger partial charge in [0.15, 0.2) is 0 Å². The molecule has 1 N–H and O–H groups in total. The highest BCUT2D eigenvalue weighted by Gasteiger charge is 2.11. The van der Waals surface area contributed by atoms with Crippen molar-refractivity contribution < 1.29 is 9.53 Å². The summed E-state index contributed by atoms with van der Waals surface area (Å²) in [5, 5.41) is 3.04. The quantitative estimate of drug-likeness (QED) is 0.632. The Hall–Kier alpha value is -3.07. The lowest BCUT2D eigenvalue weighted by Crippen LogP contribution is -2.14. The molecular formula is C24H25NO2. The summed E-state index contributed by atoms with van der Waals surface area (Å²) < 4.78 is 5.83. The van der Waals surface area contributed by atoms with Gasteiger partial charge in [0.2, 0.25) is 0 Å². The largest absolute Gasteiger partial charge is 0.493 e. The Kier molecular flexibility index (Phi) is 5.92. The number of amides is 1. The molecule has 0 unspecified atom stereocenters. The zero-order valence-electron chi connectivity index (χ0n) is 16.1. The smallest absolute Gasteiger partial charge is 0.255 e. The second kappa shape index (κ2) is 8.54. The van der Waals surface area contributed by atoms with Gasteiger partial charge in [-0.05, 0) is 55.7 Å². The van der Waals surface area contributed by atoms with Crippen molar-refractivity contribution in [2.45, 2.75) is 27.2 Å². The molecule has 0 heterocycles. The standard InChI is InChI=1S/C24H25NO2/c1-17-14-18(2)23(19(3)15-17)25-24(26)21-10-7-11-22(16-21)27-13-12-20-8-5-4-6-9-20/h4-11,14-16H,12-13H2,1-3H3,(H,25,26). The summed E-state index contributed by atoms with van der Waals surface area (Å²) in [5.74, 6) is 0.578. The van der Waals surface area contributed by atoms with Gasteiger partial charge < -0.3 is 10.1 Å². The Labute approximate surface area is 161 Å². The van der Waals surface area contributed by atoms with Gasteiger partial charge in [0, 0.05) is 17.7 Å². The number of ether oxygens (including phenoxy) is 1. The number of carbonyl (C=O) groups is 1. The van der Waals surface area contributed by atoms with E-state index < -0.39 is 0 Å². The molecule has 0 aromatic heterocycles. The van der Waals surface area contributed by atoms with Crippen LogP contribution in [0.5, 0.6) is 5.75 Å². The summed E-state index contributed by atoms with van der Waals surface area (Å²) in [7, 11) is 0. The number of rotatable bonds is 6. The van der Waals surface area contributed by atoms with Crippen LogP contribution in [0.1, 0.15) is 32.6 Å². The lowest BCUT2D eigenvalue weighted by atomic mass is 10.0. The molecule has 0 fully saturated rings. The molecule has 3 aromatic rings. The lowest BCUT2D eigenvalue weighted by molar-refractivity contribution is 0.102. The molecule has 0 spiro atoms. The molecule has 0 atom stereocenters. The molecule has 27 heavy (non-hydrogen) atoms. The first-order chi connectivity index (χ1) is 13.0. The van der Waals surface area contributed by atoms with Crippen LogP contribution in [-0.4, -0.2) is 12.5 Å². The van der Waals surface area contributed by atoms with Crippen LogP contribution in [0.3, 0.4) is 0 Å². The molecule has 0 saturated carbocycles. The maximum atomic E-state index is 12.7. The third kappa shape index (κ3) is 4.98. The fraction of sp³-hybridized carbons (Fsp3) is 0.208. The molecule has 0 saturated heterocycles. The SMILES string of the molecule is Cc1cc(C)c(NC(=O)c2cccc(OCCc3ccccc3)c2)c(C)c1. The molecule has 3 aromatic carbocycles. The van der Waals surface area contributed by atoms with Crippen molar-refractivity contribution in [3.05, 3.63) is 94.5 Å². The number of hydrogen-bond donors (Lipinski definition) is 1. The van der Waals surface area contributed by atoms with Gasteiger partial charge in [-0.15, -0.1) is 0 Å². The van der Waals surface area contributed by atoms with Gasteiger partial charge >= 0.3 is 0 Å². The highest BCUT2D eigenvalue weighted by molar-refractivity contribution is 6.05. The van der Waals surface area contributed by atoms with Gasteiger partial charge in [0.1, 0.15) is 5.75 Å². The highest BCUT2D eigenvalue weighted by Crippen LogP contribution is 2.23. The second-order valence-electron chi connectivity index (χ2n) is 6.84. The molecule has 0 bridgehead atoms. The van der Waals surface area contributed by atoms with Crippen LogP contribution in [0.25, 0.3) is 0 Å². The molecule has 0 aliphatic heterocycles. The molecule has 138 valence electrons. The van der Waals surface area contributed by atoms with E-state index in [0.717, 1.165) is 23.2 Å². The van der Waals surface area contributed by atoms with Crippen molar-refractivity contribution >= 4 is 11.6 Å². The third-order valence-corrected chi connectivity index (χ3v) is 4.51. The number of carbonyl (C=O) groups excluding carboxylic acids is 1. The minimum atomic E-state index is -0.126. The Balaban J connectivity index is 1.65. The Morgan fingerprint density at radius 1 is 0.889 bits per heavy atom. The number of aryl methyl sites for hydroxylation is 3. The monoisotopic (exact) mass is 359 g/mol. The number of hydrogen-bond acceptors (Lipinski definition) is 2. The van der Waals surface area contributed by atoms with Crippen LogP contribution >= 0.6 is 0 Å². The third-order valence-electron chi connectivity index (χ3n) is 4.51. The molecule has 0 aliphatic carbocycles. The summed E-state index contributed by atoms with van der Waals surface area (Å²) in [6.07, 6.45) is 0.832. The van der Waals surface area contributed by atoms with Crippen LogP contribution in [0.4, 0.5) is 5.69 Å². The maximum Gasteiger partial charge on any atom is 0.255 e. The van der Waals surface area contributed by atoms with Crippen LogP contribution in [-0.2, 0) is 6.42 Å². The van der Waals surface area contributed by atoms with E-state index >= 15 is 0 Å². The van der Waals surface area contributed by atoms with Crippen molar-refractivity contribution in [3.8, 4) is 5.75 Å². The van der Waals surface area contributed by atoms with Gasteiger partial charge in [-0.25, -0.2) is 0 Å². The highest BCUT2D eigenvalue weighted by atomic mass is 16.5.